The Morgan fingerprint density at radius 3 is 1.96 bits per heavy atom. The van der Waals surface area contributed by atoms with Gasteiger partial charge in [-0.15, -0.1) is 0 Å². The Bertz CT molecular complexity index is 884. The number of hydrogen-bond donors (Lipinski definition) is 0. The lowest BCUT2D eigenvalue weighted by Crippen LogP contribution is -1.94. The van der Waals surface area contributed by atoms with Crippen LogP contribution in [-0.2, 0) is 6.42 Å². The predicted octanol–water partition coefficient (Wildman–Crippen LogP) is 6.95. The number of benzene rings is 4. The Balaban J connectivity index is 1.77. The van der Waals surface area contributed by atoms with Crippen molar-refractivity contribution < 1.29 is 0 Å². The van der Waals surface area contributed by atoms with Crippen LogP contribution in [0.25, 0.3) is 32.3 Å². The van der Waals surface area contributed by atoms with Gasteiger partial charge in [-0.1, -0.05) is 81.3 Å². The van der Waals surface area contributed by atoms with Gasteiger partial charge in [0.15, 0.2) is 0 Å². The molecule has 0 aliphatic carbocycles. The average molecular weight is 300 g/mol. The standard InChI is InChI=1S/C23H24/c1-3-16(2)6-4-7-17-14-20-12-10-18-8-5-9-19-11-13-21(15-17)23(20)22(18)19/h5,8-16H,3-4,6-7H2,1-2H3. The first-order valence-corrected chi connectivity index (χ1v) is 8.92. The molecule has 0 heterocycles. The highest BCUT2D eigenvalue weighted by molar-refractivity contribution is 6.23. The lowest BCUT2D eigenvalue weighted by molar-refractivity contribution is 0.496. The van der Waals surface area contributed by atoms with Crippen molar-refractivity contribution in [1.29, 1.82) is 0 Å². The summed E-state index contributed by atoms with van der Waals surface area (Å²) in [7, 11) is 0. The Hall–Kier alpha value is -2.08. The van der Waals surface area contributed by atoms with Crippen LogP contribution in [-0.4, -0.2) is 0 Å². The highest BCUT2D eigenvalue weighted by Gasteiger charge is 2.09. The maximum Gasteiger partial charge on any atom is -0.00266 e. The van der Waals surface area contributed by atoms with Crippen LogP contribution in [0, 0.1) is 5.92 Å². The van der Waals surface area contributed by atoms with Crippen molar-refractivity contribution in [3.63, 3.8) is 0 Å². The molecule has 0 saturated heterocycles. The molecule has 0 spiro atoms. The highest BCUT2D eigenvalue weighted by atomic mass is 14.1. The second kappa shape index (κ2) is 5.85. The lowest BCUT2D eigenvalue weighted by atomic mass is 9.91. The van der Waals surface area contributed by atoms with Gasteiger partial charge in [-0.3, -0.25) is 0 Å². The summed E-state index contributed by atoms with van der Waals surface area (Å²) in [5.41, 5.74) is 1.49. The van der Waals surface area contributed by atoms with Crippen molar-refractivity contribution in [3.8, 4) is 0 Å². The molecular formula is C23H24. The second-order valence-corrected chi connectivity index (χ2v) is 7.03. The van der Waals surface area contributed by atoms with Gasteiger partial charge in [0.25, 0.3) is 0 Å². The Labute approximate surface area is 138 Å². The maximum absolute atomic E-state index is 2.41. The first-order chi connectivity index (χ1) is 11.3. The first-order valence-electron chi connectivity index (χ1n) is 8.92. The quantitative estimate of drug-likeness (QED) is 0.350. The molecule has 0 nitrogen and oxygen atoms in total. The van der Waals surface area contributed by atoms with Crippen LogP contribution in [0.4, 0.5) is 0 Å². The summed E-state index contributed by atoms with van der Waals surface area (Å²) in [4.78, 5) is 0. The van der Waals surface area contributed by atoms with Crippen molar-refractivity contribution >= 4 is 32.3 Å². The monoisotopic (exact) mass is 300 g/mol. The van der Waals surface area contributed by atoms with E-state index in [0.29, 0.717) is 0 Å². The predicted molar refractivity (Wildman–Crippen MR) is 103 cm³/mol. The summed E-state index contributed by atoms with van der Waals surface area (Å²) in [6.45, 7) is 4.65. The topological polar surface area (TPSA) is 0 Å². The number of aryl methyl sites for hydroxylation is 1. The molecule has 116 valence electrons. The van der Waals surface area contributed by atoms with Crippen molar-refractivity contribution in [2.45, 2.75) is 39.5 Å². The number of hydrogen-bond acceptors (Lipinski definition) is 0. The van der Waals surface area contributed by atoms with E-state index in [0.717, 1.165) is 5.92 Å². The molecule has 0 aromatic heterocycles. The average Bonchev–Trinajstić information content (AvgIpc) is 2.59. The van der Waals surface area contributed by atoms with Crippen molar-refractivity contribution in [2.24, 2.45) is 5.92 Å². The lowest BCUT2D eigenvalue weighted by Gasteiger charge is -2.13. The van der Waals surface area contributed by atoms with E-state index in [1.807, 2.05) is 0 Å². The summed E-state index contributed by atoms with van der Waals surface area (Å²) in [5.74, 6) is 0.847. The molecular weight excluding hydrogens is 276 g/mol. The Morgan fingerprint density at radius 1 is 0.783 bits per heavy atom. The van der Waals surface area contributed by atoms with E-state index >= 15 is 0 Å². The fourth-order valence-electron chi connectivity index (χ4n) is 3.82. The summed E-state index contributed by atoms with van der Waals surface area (Å²) >= 11 is 0. The molecule has 0 amide bonds. The fraction of sp³-hybridized carbons (Fsp3) is 0.304. The van der Waals surface area contributed by atoms with Gasteiger partial charge in [0.05, 0.1) is 0 Å². The molecule has 0 aliphatic heterocycles. The molecule has 0 bridgehead atoms. The van der Waals surface area contributed by atoms with Gasteiger partial charge >= 0.3 is 0 Å². The molecule has 4 aromatic rings. The molecule has 4 aromatic carbocycles. The smallest absolute Gasteiger partial charge is 0.00266 e. The molecule has 0 N–H and O–H groups in total. The van der Waals surface area contributed by atoms with E-state index in [4.69, 9.17) is 0 Å². The Kier molecular flexibility index (Phi) is 3.69. The molecule has 0 radical (unpaired) electrons. The van der Waals surface area contributed by atoms with Crippen LogP contribution in [0.1, 0.15) is 38.7 Å². The van der Waals surface area contributed by atoms with Crippen molar-refractivity contribution in [1.82, 2.24) is 0 Å². The van der Waals surface area contributed by atoms with Crippen molar-refractivity contribution in [3.05, 3.63) is 60.2 Å². The SMILES string of the molecule is CCC(C)CCCc1cc2ccc3cccc4ccc(c1)c2c34. The first kappa shape index (κ1) is 14.5. The normalized spacial score (nSPS) is 13.3. The zero-order chi connectivity index (χ0) is 15.8. The van der Waals surface area contributed by atoms with Gasteiger partial charge in [0.1, 0.15) is 0 Å². The van der Waals surface area contributed by atoms with Gasteiger partial charge in [-0.05, 0) is 56.6 Å². The van der Waals surface area contributed by atoms with E-state index < -0.39 is 0 Å². The van der Waals surface area contributed by atoms with Gasteiger partial charge in [0, 0.05) is 0 Å². The second-order valence-electron chi connectivity index (χ2n) is 7.03. The molecule has 1 unspecified atom stereocenters. The largest absolute Gasteiger partial charge is 0.0651 e. The van der Waals surface area contributed by atoms with Crippen LogP contribution < -0.4 is 0 Å². The summed E-state index contributed by atoms with van der Waals surface area (Å²) < 4.78 is 0. The fourth-order valence-corrected chi connectivity index (χ4v) is 3.82. The zero-order valence-electron chi connectivity index (χ0n) is 14.1. The minimum atomic E-state index is 0.847. The van der Waals surface area contributed by atoms with Gasteiger partial charge in [0.2, 0.25) is 0 Å². The van der Waals surface area contributed by atoms with Crippen LogP contribution in [0.2, 0.25) is 0 Å². The molecule has 0 aliphatic rings. The van der Waals surface area contributed by atoms with Gasteiger partial charge < -0.3 is 0 Å². The summed E-state index contributed by atoms with van der Waals surface area (Å²) in [6, 6.07) is 20.5. The zero-order valence-corrected chi connectivity index (χ0v) is 14.1. The van der Waals surface area contributed by atoms with Crippen LogP contribution in [0.3, 0.4) is 0 Å². The van der Waals surface area contributed by atoms with Crippen LogP contribution in [0.15, 0.2) is 54.6 Å². The summed E-state index contributed by atoms with van der Waals surface area (Å²) in [5, 5.41) is 8.35. The third kappa shape index (κ3) is 2.57. The highest BCUT2D eigenvalue weighted by Crippen LogP contribution is 2.35. The van der Waals surface area contributed by atoms with Crippen molar-refractivity contribution in [2.75, 3.05) is 0 Å². The molecule has 0 heteroatoms. The Morgan fingerprint density at radius 2 is 1.35 bits per heavy atom. The molecule has 0 saturated carbocycles. The third-order valence-electron chi connectivity index (χ3n) is 5.38. The third-order valence-corrected chi connectivity index (χ3v) is 5.38. The maximum atomic E-state index is 2.41. The molecule has 4 rings (SSSR count). The van der Waals surface area contributed by atoms with Crippen LogP contribution >= 0.6 is 0 Å². The molecule has 23 heavy (non-hydrogen) atoms. The van der Waals surface area contributed by atoms with E-state index in [1.165, 1.54) is 63.6 Å². The van der Waals surface area contributed by atoms with E-state index in [2.05, 4.69) is 68.4 Å². The van der Waals surface area contributed by atoms with E-state index in [9.17, 15) is 0 Å². The van der Waals surface area contributed by atoms with Gasteiger partial charge in [-0.2, -0.15) is 0 Å². The van der Waals surface area contributed by atoms with Gasteiger partial charge in [-0.25, -0.2) is 0 Å². The minimum absolute atomic E-state index is 0.847. The molecule has 0 fully saturated rings. The number of rotatable bonds is 5. The molecule has 1 atom stereocenters. The minimum Gasteiger partial charge on any atom is -0.0651 e. The van der Waals surface area contributed by atoms with E-state index in [1.54, 1.807) is 0 Å². The van der Waals surface area contributed by atoms with Crippen LogP contribution in [0.5, 0.6) is 0 Å². The summed E-state index contributed by atoms with van der Waals surface area (Å²) in [6.07, 6.45) is 5.12. The van der Waals surface area contributed by atoms with E-state index in [-0.39, 0.29) is 0 Å².